The summed E-state index contributed by atoms with van der Waals surface area (Å²) in [5.41, 5.74) is 0.973. The predicted molar refractivity (Wildman–Crippen MR) is 84.8 cm³/mol. The molecule has 112 valence electrons. The van der Waals surface area contributed by atoms with E-state index in [2.05, 4.69) is 0 Å². The van der Waals surface area contributed by atoms with Gasteiger partial charge in [-0.25, -0.2) is 0 Å². The molecule has 2 aromatic carbocycles. The summed E-state index contributed by atoms with van der Waals surface area (Å²) in [4.78, 5) is 12.1. The summed E-state index contributed by atoms with van der Waals surface area (Å²) in [6.07, 6.45) is 0.792. The highest BCUT2D eigenvalue weighted by atomic mass is 16.5. The van der Waals surface area contributed by atoms with Gasteiger partial charge in [0, 0.05) is 0 Å². The first-order valence-corrected chi connectivity index (χ1v) is 7.33. The van der Waals surface area contributed by atoms with Crippen LogP contribution in [0.2, 0.25) is 0 Å². The number of carbonyl (C=O) groups is 1. The van der Waals surface area contributed by atoms with Crippen molar-refractivity contribution in [3.8, 4) is 5.75 Å². The van der Waals surface area contributed by atoms with Crippen molar-refractivity contribution in [3.63, 3.8) is 0 Å². The number of fused-ring (bicyclic) bond motifs is 1. The fourth-order valence-electron chi connectivity index (χ4n) is 2.16. The molecule has 0 radical (unpaired) electrons. The second-order valence-corrected chi connectivity index (χ2v) is 5.35. The molecule has 2 aromatic rings. The molecule has 0 amide bonds. The van der Waals surface area contributed by atoms with Gasteiger partial charge in [-0.2, -0.15) is 0 Å². The molecule has 21 heavy (non-hydrogen) atoms. The first kappa shape index (κ1) is 15.4. The molecule has 0 heterocycles. The average Bonchev–Trinajstić information content (AvgIpc) is 2.52. The number of ether oxygens (including phenoxy) is 2. The maximum Gasteiger partial charge on any atom is 0.313 e. The first-order valence-electron chi connectivity index (χ1n) is 7.33. The van der Waals surface area contributed by atoms with Gasteiger partial charge in [0.1, 0.15) is 5.75 Å². The van der Waals surface area contributed by atoms with Crippen molar-refractivity contribution in [2.24, 2.45) is 0 Å². The Kier molecular flexibility index (Phi) is 4.84. The Morgan fingerprint density at radius 3 is 2.43 bits per heavy atom. The fourth-order valence-corrected chi connectivity index (χ4v) is 2.16. The minimum atomic E-state index is -0.259. The van der Waals surface area contributed by atoms with E-state index in [-0.39, 0.29) is 18.0 Å². The SMILES string of the molecule is CC[C@H](C)OC(=O)[C@@H](C)c1ccc2cc(OC)ccc2c1. The zero-order valence-corrected chi connectivity index (χ0v) is 13.1. The molecule has 0 unspecified atom stereocenters. The van der Waals surface area contributed by atoms with E-state index in [1.807, 2.05) is 57.2 Å². The minimum absolute atomic E-state index is 0.0373. The molecule has 0 spiro atoms. The summed E-state index contributed by atoms with van der Waals surface area (Å²) in [6.45, 7) is 5.80. The third-order valence-electron chi connectivity index (χ3n) is 3.82. The summed E-state index contributed by atoms with van der Waals surface area (Å²) < 4.78 is 10.6. The zero-order valence-electron chi connectivity index (χ0n) is 13.1. The van der Waals surface area contributed by atoms with E-state index >= 15 is 0 Å². The Balaban J connectivity index is 2.24. The van der Waals surface area contributed by atoms with Crippen LogP contribution in [0.15, 0.2) is 36.4 Å². The van der Waals surface area contributed by atoms with Crippen molar-refractivity contribution >= 4 is 16.7 Å². The van der Waals surface area contributed by atoms with E-state index in [0.717, 1.165) is 28.5 Å². The zero-order chi connectivity index (χ0) is 15.4. The van der Waals surface area contributed by atoms with Crippen LogP contribution in [0, 0.1) is 0 Å². The molecule has 0 bridgehead atoms. The summed E-state index contributed by atoms with van der Waals surface area (Å²) in [6, 6.07) is 11.9. The van der Waals surface area contributed by atoms with Crippen molar-refractivity contribution < 1.29 is 14.3 Å². The highest BCUT2D eigenvalue weighted by molar-refractivity contribution is 5.86. The Labute approximate surface area is 125 Å². The topological polar surface area (TPSA) is 35.5 Å². The largest absolute Gasteiger partial charge is 0.497 e. The molecular weight excluding hydrogens is 264 g/mol. The highest BCUT2D eigenvalue weighted by Gasteiger charge is 2.19. The molecule has 2 rings (SSSR count). The van der Waals surface area contributed by atoms with Crippen molar-refractivity contribution in [1.82, 2.24) is 0 Å². The van der Waals surface area contributed by atoms with Crippen LogP contribution in [0.3, 0.4) is 0 Å². The lowest BCUT2D eigenvalue weighted by atomic mass is 9.97. The normalized spacial score (nSPS) is 13.7. The van der Waals surface area contributed by atoms with Crippen LogP contribution < -0.4 is 4.74 Å². The number of hydrogen-bond acceptors (Lipinski definition) is 3. The van der Waals surface area contributed by atoms with Crippen LogP contribution in [0.4, 0.5) is 0 Å². The summed E-state index contributed by atoms with van der Waals surface area (Å²) in [5.74, 6) is 0.405. The van der Waals surface area contributed by atoms with Gasteiger partial charge < -0.3 is 9.47 Å². The smallest absolute Gasteiger partial charge is 0.313 e. The van der Waals surface area contributed by atoms with E-state index < -0.39 is 0 Å². The number of carbonyl (C=O) groups excluding carboxylic acids is 1. The number of methoxy groups -OCH3 is 1. The highest BCUT2D eigenvalue weighted by Crippen LogP contribution is 2.26. The van der Waals surface area contributed by atoms with Crippen molar-refractivity contribution in [2.45, 2.75) is 39.2 Å². The van der Waals surface area contributed by atoms with Crippen LogP contribution in [0.1, 0.15) is 38.7 Å². The number of rotatable bonds is 5. The van der Waals surface area contributed by atoms with Crippen LogP contribution in [-0.4, -0.2) is 19.2 Å². The third kappa shape index (κ3) is 3.54. The Morgan fingerprint density at radius 1 is 1.10 bits per heavy atom. The Hall–Kier alpha value is -2.03. The second kappa shape index (κ2) is 6.61. The second-order valence-electron chi connectivity index (χ2n) is 5.35. The van der Waals surface area contributed by atoms with E-state index in [0.29, 0.717) is 0 Å². The van der Waals surface area contributed by atoms with Crippen molar-refractivity contribution in [2.75, 3.05) is 7.11 Å². The van der Waals surface area contributed by atoms with Crippen molar-refractivity contribution in [1.29, 1.82) is 0 Å². The molecule has 3 heteroatoms. The molecule has 0 aromatic heterocycles. The number of esters is 1. The average molecular weight is 286 g/mol. The molecule has 3 nitrogen and oxygen atoms in total. The Morgan fingerprint density at radius 2 is 1.76 bits per heavy atom. The Bertz CT molecular complexity index is 633. The molecule has 0 aliphatic rings. The molecular formula is C18H22O3. The molecule has 0 N–H and O–H groups in total. The van der Waals surface area contributed by atoms with Crippen LogP contribution in [0.25, 0.3) is 10.8 Å². The van der Waals surface area contributed by atoms with Crippen LogP contribution >= 0.6 is 0 Å². The van der Waals surface area contributed by atoms with Gasteiger partial charge in [0.05, 0.1) is 19.1 Å². The quantitative estimate of drug-likeness (QED) is 0.769. The monoisotopic (exact) mass is 286 g/mol. The lowest BCUT2D eigenvalue weighted by molar-refractivity contribution is -0.149. The third-order valence-corrected chi connectivity index (χ3v) is 3.82. The van der Waals surface area contributed by atoms with Gasteiger partial charge in [-0.05, 0) is 48.7 Å². The van der Waals surface area contributed by atoms with Gasteiger partial charge in [0.2, 0.25) is 0 Å². The van der Waals surface area contributed by atoms with Crippen LogP contribution in [0.5, 0.6) is 5.75 Å². The van der Waals surface area contributed by atoms with Gasteiger partial charge in [-0.15, -0.1) is 0 Å². The van der Waals surface area contributed by atoms with E-state index in [9.17, 15) is 4.79 Å². The predicted octanol–water partition coefficient (Wildman–Crippen LogP) is 4.29. The maximum absolute atomic E-state index is 12.1. The molecule has 2 atom stereocenters. The fraction of sp³-hybridized carbons (Fsp3) is 0.389. The van der Waals surface area contributed by atoms with E-state index in [4.69, 9.17) is 9.47 Å². The first-order chi connectivity index (χ1) is 10.0. The van der Waals surface area contributed by atoms with Crippen LogP contribution in [-0.2, 0) is 9.53 Å². The lowest BCUT2D eigenvalue weighted by Gasteiger charge is -2.16. The van der Waals surface area contributed by atoms with Gasteiger partial charge in [0.25, 0.3) is 0 Å². The molecule has 0 saturated carbocycles. The standard InChI is InChI=1S/C18H22O3/c1-5-12(2)21-18(19)13(3)14-6-7-16-11-17(20-4)9-8-15(16)10-14/h6-13H,5H2,1-4H3/t12-,13-/m0/s1. The minimum Gasteiger partial charge on any atom is -0.497 e. The van der Waals surface area contributed by atoms with Gasteiger partial charge >= 0.3 is 5.97 Å². The van der Waals surface area contributed by atoms with E-state index in [1.54, 1.807) is 7.11 Å². The van der Waals surface area contributed by atoms with Crippen molar-refractivity contribution in [3.05, 3.63) is 42.0 Å². The summed E-state index contributed by atoms with van der Waals surface area (Å²) in [5, 5.41) is 2.19. The van der Waals surface area contributed by atoms with Gasteiger partial charge in [-0.3, -0.25) is 4.79 Å². The molecule has 0 saturated heterocycles. The number of benzene rings is 2. The molecule has 0 aliphatic heterocycles. The number of hydrogen-bond donors (Lipinski definition) is 0. The molecule has 0 aliphatic carbocycles. The molecule has 0 fully saturated rings. The lowest BCUT2D eigenvalue weighted by Crippen LogP contribution is -2.19. The van der Waals surface area contributed by atoms with Gasteiger partial charge in [-0.1, -0.05) is 31.2 Å². The summed E-state index contributed by atoms with van der Waals surface area (Å²) >= 11 is 0. The maximum atomic E-state index is 12.1. The van der Waals surface area contributed by atoms with E-state index in [1.165, 1.54) is 0 Å². The van der Waals surface area contributed by atoms with Gasteiger partial charge in [0.15, 0.2) is 0 Å². The summed E-state index contributed by atoms with van der Waals surface area (Å²) in [7, 11) is 1.66.